The fraction of sp³-hybridized carbons (Fsp3) is 0.851. The summed E-state index contributed by atoms with van der Waals surface area (Å²) in [5, 5.41) is 0. The van der Waals surface area contributed by atoms with Gasteiger partial charge in [-0.15, -0.1) is 0 Å². The number of phosphoric acid groups is 1. The van der Waals surface area contributed by atoms with Gasteiger partial charge in [0.2, 0.25) is 0 Å². The zero-order chi connectivity index (χ0) is 56.3. The van der Waals surface area contributed by atoms with Crippen molar-refractivity contribution in [3.63, 3.8) is 0 Å². The molecule has 0 spiro atoms. The summed E-state index contributed by atoms with van der Waals surface area (Å²) in [4.78, 5) is 35.7. The van der Waals surface area contributed by atoms with E-state index in [1.54, 1.807) is 0 Å². The van der Waals surface area contributed by atoms with E-state index >= 15 is 0 Å². The van der Waals surface area contributed by atoms with Crippen LogP contribution in [-0.4, -0.2) is 74.9 Å². The summed E-state index contributed by atoms with van der Waals surface area (Å²) in [6.45, 7) is 4.44. The SMILES string of the molecule is CCCCCC/C=C\C/C=C\CCCCCCCCCC(=O)OCC(COP(=O)(O)OCC[N+](C)(C)C)OC(=O)CCCCCCCCCCCCCCCCCCCCCCCCC/C=C\C/C=C\CCCCCCC. The Morgan fingerprint density at radius 2 is 0.701 bits per heavy atom. The first-order valence-electron chi connectivity index (χ1n) is 32.9. The molecule has 77 heavy (non-hydrogen) atoms. The molecule has 0 aliphatic carbocycles. The highest BCUT2D eigenvalue weighted by Gasteiger charge is 2.27. The molecule has 0 aromatic carbocycles. The molecule has 0 aliphatic rings. The van der Waals surface area contributed by atoms with Crippen LogP contribution in [0.15, 0.2) is 48.6 Å². The Morgan fingerprint density at radius 3 is 1.04 bits per heavy atom. The van der Waals surface area contributed by atoms with Crippen LogP contribution in [0.1, 0.15) is 316 Å². The van der Waals surface area contributed by atoms with E-state index in [1.165, 1.54) is 225 Å². The molecule has 0 fully saturated rings. The lowest BCUT2D eigenvalue weighted by Gasteiger charge is -2.24. The molecule has 0 bridgehead atoms. The van der Waals surface area contributed by atoms with Gasteiger partial charge in [0, 0.05) is 12.8 Å². The summed E-state index contributed by atoms with van der Waals surface area (Å²) in [7, 11) is 1.48. The predicted molar refractivity (Wildman–Crippen MR) is 330 cm³/mol. The molecule has 0 aliphatic heterocycles. The van der Waals surface area contributed by atoms with Crippen LogP contribution in [0.3, 0.4) is 0 Å². The van der Waals surface area contributed by atoms with E-state index in [-0.39, 0.29) is 32.0 Å². The Hall–Kier alpha value is -2.03. The highest BCUT2D eigenvalue weighted by atomic mass is 31.2. The van der Waals surface area contributed by atoms with E-state index in [0.29, 0.717) is 17.4 Å². The largest absolute Gasteiger partial charge is 0.472 e. The number of nitrogens with zero attached hydrogens (tertiary/aromatic N) is 1. The van der Waals surface area contributed by atoms with Gasteiger partial charge in [-0.3, -0.25) is 18.6 Å². The van der Waals surface area contributed by atoms with Gasteiger partial charge < -0.3 is 18.9 Å². The minimum Gasteiger partial charge on any atom is -0.462 e. The van der Waals surface area contributed by atoms with E-state index in [4.69, 9.17) is 18.5 Å². The molecule has 1 N–H and O–H groups in total. The molecule has 0 saturated heterocycles. The van der Waals surface area contributed by atoms with E-state index in [1.807, 2.05) is 21.1 Å². The molecule has 0 saturated carbocycles. The third-order valence-electron chi connectivity index (χ3n) is 14.6. The number of rotatable bonds is 61. The van der Waals surface area contributed by atoms with Crippen molar-refractivity contribution in [2.75, 3.05) is 47.5 Å². The van der Waals surface area contributed by atoms with Crippen molar-refractivity contribution in [1.29, 1.82) is 0 Å². The quantitative estimate of drug-likeness (QED) is 0.0211. The lowest BCUT2D eigenvalue weighted by Crippen LogP contribution is -2.37. The topological polar surface area (TPSA) is 108 Å². The number of hydrogen-bond acceptors (Lipinski definition) is 7. The lowest BCUT2D eigenvalue weighted by atomic mass is 10.0. The molecule has 9 nitrogen and oxygen atoms in total. The van der Waals surface area contributed by atoms with Crippen LogP contribution >= 0.6 is 7.82 Å². The second-order valence-electron chi connectivity index (χ2n) is 23.5. The smallest absolute Gasteiger partial charge is 0.462 e. The van der Waals surface area contributed by atoms with E-state index < -0.39 is 26.5 Å². The van der Waals surface area contributed by atoms with Crippen LogP contribution in [-0.2, 0) is 32.7 Å². The molecule has 2 unspecified atom stereocenters. The molecule has 0 radical (unpaired) electrons. The second kappa shape index (κ2) is 58.6. The van der Waals surface area contributed by atoms with Crippen LogP contribution in [0.25, 0.3) is 0 Å². The van der Waals surface area contributed by atoms with Crippen molar-refractivity contribution in [3.05, 3.63) is 48.6 Å². The van der Waals surface area contributed by atoms with Gasteiger partial charge in [-0.05, 0) is 77.0 Å². The number of unbranched alkanes of at least 4 members (excludes halogenated alkanes) is 39. The summed E-state index contributed by atoms with van der Waals surface area (Å²) >= 11 is 0. The van der Waals surface area contributed by atoms with Crippen molar-refractivity contribution < 1.29 is 42.1 Å². The Kier molecular flexibility index (Phi) is 57.1. The summed E-state index contributed by atoms with van der Waals surface area (Å²) in [5.74, 6) is -0.793. The average Bonchev–Trinajstić information content (AvgIpc) is 3.39. The molecule has 2 atom stereocenters. The molecule has 10 heteroatoms. The van der Waals surface area contributed by atoms with Crippen molar-refractivity contribution in [2.45, 2.75) is 322 Å². The highest BCUT2D eigenvalue weighted by Crippen LogP contribution is 2.43. The number of quaternary nitrogens is 1. The molecule has 0 aromatic heterocycles. The van der Waals surface area contributed by atoms with Crippen LogP contribution in [0.2, 0.25) is 0 Å². The minimum atomic E-state index is -4.39. The lowest BCUT2D eigenvalue weighted by molar-refractivity contribution is -0.870. The minimum absolute atomic E-state index is 0.0314. The van der Waals surface area contributed by atoms with Gasteiger partial charge >= 0.3 is 19.8 Å². The Labute approximate surface area is 477 Å². The van der Waals surface area contributed by atoms with Crippen molar-refractivity contribution in [1.82, 2.24) is 0 Å². The maximum Gasteiger partial charge on any atom is 0.472 e. The number of hydrogen-bond donors (Lipinski definition) is 1. The number of carbonyl (C=O) groups excluding carboxylic acids is 2. The van der Waals surface area contributed by atoms with Gasteiger partial charge in [0.1, 0.15) is 19.8 Å². The van der Waals surface area contributed by atoms with Crippen LogP contribution in [0, 0.1) is 0 Å². The summed E-state index contributed by atoms with van der Waals surface area (Å²) < 4.78 is 34.6. The van der Waals surface area contributed by atoms with Crippen molar-refractivity contribution in [3.8, 4) is 0 Å². The van der Waals surface area contributed by atoms with Gasteiger partial charge in [-0.25, -0.2) is 4.57 Å². The highest BCUT2D eigenvalue weighted by molar-refractivity contribution is 7.47. The molecule has 0 heterocycles. The standard InChI is InChI=1S/C67H126NO8P/c1-6-8-10-12-14-16-18-20-22-24-26-27-28-29-30-31-32-33-34-35-36-37-38-39-40-41-42-44-46-48-50-52-54-56-58-60-67(70)76-65(64-75-77(71,72)74-62-61-68(3,4)5)63-73-66(69)59-57-55-53-51-49-47-45-43-25-23-21-19-17-15-13-11-9-7-2/h17-20,23-26,65H,6-16,21-22,27-64H2,1-5H3/p+1/b19-17-,20-18-,25-23-,26-24-. The van der Waals surface area contributed by atoms with Gasteiger partial charge in [0.05, 0.1) is 27.7 Å². The van der Waals surface area contributed by atoms with Gasteiger partial charge in [-0.2, -0.15) is 0 Å². The van der Waals surface area contributed by atoms with Crippen LogP contribution < -0.4 is 0 Å². The molecule has 0 rings (SSSR count). The number of allylic oxidation sites excluding steroid dienone is 8. The summed E-state index contributed by atoms with van der Waals surface area (Å²) in [6, 6.07) is 0. The predicted octanol–water partition coefficient (Wildman–Crippen LogP) is 20.9. The maximum atomic E-state index is 12.8. The van der Waals surface area contributed by atoms with Gasteiger partial charge in [0.25, 0.3) is 0 Å². The second-order valence-corrected chi connectivity index (χ2v) is 25.0. The molecule has 0 amide bonds. The number of phosphoric ester groups is 1. The van der Waals surface area contributed by atoms with Gasteiger partial charge in [0.15, 0.2) is 6.10 Å². The number of esters is 2. The monoisotopic (exact) mass is 1100 g/mol. The number of ether oxygens (including phenoxy) is 2. The summed E-state index contributed by atoms with van der Waals surface area (Å²) in [5.41, 5.74) is 0. The molecular weight excluding hydrogens is 978 g/mol. The Bertz CT molecular complexity index is 1440. The zero-order valence-electron chi connectivity index (χ0n) is 51.5. The molecular formula is C67H127NO8P+. The first-order valence-corrected chi connectivity index (χ1v) is 34.4. The van der Waals surface area contributed by atoms with E-state index in [9.17, 15) is 19.0 Å². The molecule has 0 aromatic rings. The Balaban J connectivity index is 3.98. The van der Waals surface area contributed by atoms with E-state index in [2.05, 4.69) is 62.5 Å². The fourth-order valence-corrected chi connectivity index (χ4v) is 10.2. The van der Waals surface area contributed by atoms with Crippen LogP contribution in [0.4, 0.5) is 0 Å². The normalized spacial score (nSPS) is 13.5. The van der Waals surface area contributed by atoms with E-state index in [0.717, 1.165) is 57.8 Å². The first kappa shape index (κ1) is 75.0. The van der Waals surface area contributed by atoms with Crippen molar-refractivity contribution >= 4 is 19.8 Å². The summed E-state index contributed by atoms with van der Waals surface area (Å²) in [6.07, 6.45) is 75.0. The fourth-order valence-electron chi connectivity index (χ4n) is 9.49. The number of likely N-dealkylation sites (N-methyl/N-ethyl adjacent to an activating group) is 1. The van der Waals surface area contributed by atoms with Crippen LogP contribution in [0.5, 0.6) is 0 Å². The zero-order valence-corrected chi connectivity index (χ0v) is 52.4. The molecule has 452 valence electrons. The number of carbonyl (C=O) groups is 2. The van der Waals surface area contributed by atoms with Crippen molar-refractivity contribution in [2.24, 2.45) is 0 Å². The first-order chi connectivity index (χ1) is 37.5. The third-order valence-corrected chi connectivity index (χ3v) is 15.6. The Morgan fingerprint density at radius 1 is 0.403 bits per heavy atom. The third kappa shape index (κ3) is 63.0. The van der Waals surface area contributed by atoms with Gasteiger partial charge in [-0.1, -0.05) is 274 Å². The average molecular weight is 1110 g/mol. The maximum absolute atomic E-state index is 12.8.